The molecular formula is C22H18F3NO2S. The zero-order valence-corrected chi connectivity index (χ0v) is 16.1. The van der Waals surface area contributed by atoms with E-state index in [0.29, 0.717) is 29.7 Å². The number of alkyl halides is 3. The minimum Gasteiger partial charge on any atom is -0.392 e. The number of hydrogen-bond acceptors (Lipinski definition) is 3. The molecule has 0 bridgehead atoms. The summed E-state index contributed by atoms with van der Waals surface area (Å²) in [6.07, 6.45) is -3.69. The molecule has 2 aromatic carbocycles. The lowest BCUT2D eigenvalue weighted by Gasteiger charge is -2.36. The zero-order valence-electron chi connectivity index (χ0n) is 15.3. The molecule has 1 atom stereocenters. The number of thiophene rings is 1. The van der Waals surface area contributed by atoms with Gasteiger partial charge in [-0.1, -0.05) is 24.3 Å². The molecule has 1 aliphatic rings. The zero-order chi connectivity index (χ0) is 20.6. The van der Waals surface area contributed by atoms with E-state index in [0.717, 1.165) is 22.6 Å². The van der Waals surface area contributed by atoms with Crippen LogP contribution in [0.2, 0.25) is 0 Å². The number of amides is 1. The van der Waals surface area contributed by atoms with E-state index < -0.39 is 17.8 Å². The lowest BCUT2D eigenvalue weighted by atomic mass is 9.92. The van der Waals surface area contributed by atoms with E-state index in [4.69, 9.17) is 0 Å². The maximum atomic E-state index is 13.2. The van der Waals surface area contributed by atoms with Crippen molar-refractivity contribution in [2.24, 2.45) is 0 Å². The van der Waals surface area contributed by atoms with Crippen molar-refractivity contribution in [1.29, 1.82) is 0 Å². The van der Waals surface area contributed by atoms with Gasteiger partial charge in [-0.05, 0) is 58.8 Å². The molecule has 1 aromatic heterocycles. The number of nitrogens with zero attached hydrogens (tertiary/aromatic N) is 1. The fourth-order valence-corrected chi connectivity index (χ4v) is 4.57. The minimum absolute atomic E-state index is 0.107. The van der Waals surface area contributed by atoms with Crippen LogP contribution in [0.4, 0.5) is 13.2 Å². The SMILES string of the molecule is O=C(c1ccc(CO)cc1)N1CCc2sccc2C1c1ccc(C(F)(F)F)cc1. The number of benzene rings is 2. The van der Waals surface area contributed by atoms with Gasteiger partial charge in [0, 0.05) is 17.0 Å². The van der Waals surface area contributed by atoms with E-state index in [9.17, 15) is 23.1 Å². The van der Waals surface area contributed by atoms with Gasteiger partial charge in [0.1, 0.15) is 0 Å². The molecule has 3 aromatic rings. The Balaban J connectivity index is 1.72. The summed E-state index contributed by atoms with van der Waals surface area (Å²) in [6, 6.07) is 13.3. The Hall–Kier alpha value is -2.64. The molecule has 0 radical (unpaired) electrons. The number of aliphatic hydroxyl groups excluding tert-OH is 1. The first-order valence-corrected chi connectivity index (χ1v) is 10.0. The molecule has 7 heteroatoms. The van der Waals surface area contributed by atoms with Gasteiger partial charge in [-0.2, -0.15) is 13.2 Å². The number of fused-ring (bicyclic) bond motifs is 1. The molecule has 1 unspecified atom stereocenters. The summed E-state index contributed by atoms with van der Waals surface area (Å²) >= 11 is 1.60. The number of halogens is 3. The predicted molar refractivity (Wildman–Crippen MR) is 105 cm³/mol. The molecule has 29 heavy (non-hydrogen) atoms. The van der Waals surface area contributed by atoms with Crippen LogP contribution in [-0.4, -0.2) is 22.5 Å². The van der Waals surface area contributed by atoms with Gasteiger partial charge in [-0.15, -0.1) is 11.3 Å². The Morgan fingerprint density at radius 2 is 1.76 bits per heavy atom. The normalized spacial score (nSPS) is 16.6. The van der Waals surface area contributed by atoms with E-state index in [1.54, 1.807) is 40.5 Å². The van der Waals surface area contributed by atoms with Gasteiger partial charge in [0.25, 0.3) is 5.91 Å². The fourth-order valence-electron chi connectivity index (χ4n) is 3.67. The van der Waals surface area contributed by atoms with E-state index in [1.165, 1.54) is 12.1 Å². The largest absolute Gasteiger partial charge is 0.416 e. The Kier molecular flexibility index (Phi) is 5.19. The Bertz CT molecular complexity index is 1010. The quantitative estimate of drug-likeness (QED) is 0.648. The third kappa shape index (κ3) is 3.80. The smallest absolute Gasteiger partial charge is 0.392 e. The maximum Gasteiger partial charge on any atom is 0.416 e. The Labute approximate surface area is 170 Å². The lowest BCUT2D eigenvalue weighted by Crippen LogP contribution is -2.40. The summed E-state index contributed by atoms with van der Waals surface area (Å²) in [4.78, 5) is 16.1. The standard InChI is InChI=1S/C22H18F3NO2S/c23-22(24,25)17-7-5-15(6-8-17)20-18-10-12-29-19(18)9-11-26(20)21(28)16-3-1-14(13-27)2-4-16/h1-8,10,12,20,27H,9,11,13H2. The highest BCUT2D eigenvalue weighted by molar-refractivity contribution is 7.10. The van der Waals surface area contributed by atoms with Crippen LogP contribution >= 0.6 is 11.3 Å². The van der Waals surface area contributed by atoms with Crippen molar-refractivity contribution in [2.45, 2.75) is 25.2 Å². The van der Waals surface area contributed by atoms with Crippen LogP contribution in [0, 0.1) is 0 Å². The second-order valence-electron chi connectivity index (χ2n) is 6.93. The van der Waals surface area contributed by atoms with E-state index in [2.05, 4.69) is 0 Å². The van der Waals surface area contributed by atoms with Crippen LogP contribution in [0.25, 0.3) is 0 Å². The highest BCUT2D eigenvalue weighted by atomic mass is 32.1. The molecule has 0 aliphatic carbocycles. The van der Waals surface area contributed by atoms with Gasteiger partial charge in [0.2, 0.25) is 0 Å². The van der Waals surface area contributed by atoms with Crippen LogP contribution in [0.1, 0.15) is 43.5 Å². The predicted octanol–water partition coefficient (Wildman–Crippen LogP) is 5.05. The van der Waals surface area contributed by atoms with Crippen molar-refractivity contribution in [3.63, 3.8) is 0 Å². The van der Waals surface area contributed by atoms with E-state index in [1.807, 2.05) is 11.4 Å². The van der Waals surface area contributed by atoms with Crippen LogP contribution < -0.4 is 0 Å². The van der Waals surface area contributed by atoms with Crippen molar-refractivity contribution in [3.8, 4) is 0 Å². The Morgan fingerprint density at radius 1 is 1.07 bits per heavy atom. The average molecular weight is 417 g/mol. The van der Waals surface area contributed by atoms with Gasteiger partial charge >= 0.3 is 6.18 Å². The van der Waals surface area contributed by atoms with Crippen molar-refractivity contribution < 1.29 is 23.1 Å². The summed E-state index contributed by atoms with van der Waals surface area (Å²) < 4.78 is 38.9. The number of rotatable bonds is 3. The van der Waals surface area contributed by atoms with Gasteiger partial charge in [-0.25, -0.2) is 0 Å². The summed E-state index contributed by atoms with van der Waals surface area (Å²) in [5, 5.41) is 11.1. The van der Waals surface area contributed by atoms with Crippen molar-refractivity contribution >= 4 is 17.2 Å². The third-order valence-corrected chi connectivity index (χ3v) is 6.16. The topological polar surface area (TPSA) is 40.5 Å². The first kappa shape index (κ1) is 19.7. The molecular weight excluding hydrogens is 399 g/mol. The summed E-state index contributed by atoms with van der Waals surface area (Å²) in [6.45, 7) is 0.379. The van der Waals surface area contributed by atoms with Crippen LogP contribution in [0.3, 0.4) is 0 Å². The minimum atomic E-state index is -4.40. The second-order valence-corrected chi connectivity index (χ2v) is 7.93. The van der Waals surface area contributed by atoms with E-state index in [-0.39, 0.29) is 12.5 Å². The fraction of sp³-hybridized carbons (Fsp3) is 0.227. The molecule has 150 valence electrons. The van der Waals surface area contributed by atoms with Gasteiger partial charge in [0.05, 0.1) is 18.2 Å². The molecule has 4 rings (SSSR count). The van der Waals surface area contributed by atoms with Gasteiger partial charge in [-0.3, -0.25) is 4.79 Å². The highest BCUT2D eigenvalue weighted by Crippen LogP contribution is 2.39. The first-order valence-electron chi connectivity index (χ1n) is 9.12. The average Bonchev–Trinajstić information content (AvgIpc) is 3.21. The Morgan fingerprint density at radius 3 is 2.38 bits per heavy atom. The van der Waals surface area contributed by atoms with Crippen LogP contribution in [0.15, 0.2) is 60.0 Å². The van der Waals surface area contributed by atoms with Crippen molar-refractivity contribution in [3.05, 3.63) is 92.7 Å². The van der Waals surface area contributed by atoms with Gasteiger partial charge in [0.15, 0.2) is 0 Å². The molecule has 1 amide bonds. The third-order valence-electron chi connectivity index (χ3n) is 5.16. The molecule has 2 heterocycles. The summed E-state index contributed by atoms with van der Waals surface area (Å²) in [5.74, 6) is -0.184. The molecule has 0 saturated carbocycles. The number of hydrogen-bond donors (Lipinski definition) is 1. The van der Waals surface area contributed by atoms with Gasteiger partial charge < -0.3 is 10.0 Å². The number of carbonyl (C=O) groups excluding carboxylic acids is 1. The summed E-state index contributed by atoms with van der Waals surface area (Å²) in [7, 11) is 0. The first-order chi connectivity index (χ1) is 13.9. The molecule has 1 N–H and O–H groups in total. The molecule has 0 fully saturated rings. The maximum absolute atomic E-state index is 13.2. The number of aliphatic hydroxyl groups is 1. The molecule has 3 nitrogen and oxygen atoms in total. The van der Waals surface area contributed by atoms with Crippen LogP contribution in [0.5, 0.6) is 0 Å². The monoisotopic (exact) mass is 417 g/mol. The van der Waals surface area contributed by atoms with Crippen molar-refractivity contribution in [1.82, 2.24) is 4.90 Å². The number of carbonyl (C=O) groups is 1. The van der Waals surface area contributed by atoms with E-state index >= 15 is 0 Å². The molecule has 1 aliphatic heterocycles. The molecule has 0 saturated heterocycles. The highest BCUT2D eigenvalue weighted by Gasteiger charge is 2.35. The lowest BCUT2D eigenvalue weighted by molar-refractivity contribution is -0.137. The van der Waals surface area contributed by atoms with Crippen molar-refractivity contribution in [2.75, 3.05) is 6.54 Å². The second kappa shape index (κ2) is 7.65. The van der Waals surface area contributed by atoms with Crippen LogP contribution in [-0.2, 0) is 19.2 Å². The summed E-state index contributed by atoms with van der Waals surface area (Å²) in [5.41, 5.74) is 2.09. The molecule has 0 spiro atoms.